The van der Waals surface area contributed by atoms with Gasteiger partial charge in [0.15, 0.2) is 0 Å². The Kier molecular flexibility index (Phi) is 7.83. The van der Waals surface area contributed by atoms with Crippen molar-refractivity contribution in [2.75, 3.05) is 32.7 Å². The molecule has 1 aliphatic heterocycles. The van der Waals surface area contributed by atoms with Gasteiger partial charge >= 0.3 is 0 Å². The van der Waals surface area contributed by atoms with Gasteiger partial charge in [0.25, 0.3) is 0 Å². The molecule has 0 bridgehead atoms. The number of nitrogens with zero attached hydrogens (tertiary/aromatic N) is 1. The summed E-state index contributed by atoms with van der Waals surface area (Å²) in [5.41, 5.74) is 0.765. The third-order valence-corrected chi connectivity index (χ3v) is 7.45. The molecule has 1 aromatic carbocycles. The first kappa shape index (κ1) is 20.9. The number of nitrogens with one attached hydrogen (secondary N) is 1. The van der Waals surface area contributed by atoms with Crippen LogP contribution in [0.25, 0.3) is 0 Å². The van der Waals surface area contributed by atoms with Gasteiger partial charge in [0, 0.05) is 43.5 Å². The highest BCUT2D eigenvalue weighted by molar-refractivity contribution is 8.03. The lowest BCUT2D eigenvalue weighted by Crippen LogP contribution is -2.51. The van der Waals surface area contributed by atoms with Crippen LogP contribution in [0, 0.1) is 12.8 Å². The summed E-state index contributed by atoms with van der Waals surface area (Å²) in [6.45, 7) is 9.66. The molecule has 150 valence electrons. The van der Waals surface area contributed by atoms with E-state index in [9.17, 15) is 5.11 Å². The van der Waals surface area contributed by atoms with Crippen LogP contribution < -0.4 is 5.32 Å². The van der Waals surface area contributed by atoms with Gasteiger partial charge in [-0.3, -0.25) is 0 Å². The molecule has 3 rings (SSSR count). The van der Waals surface area contributed by atoms with Crippen molar-refractivity contribution in [1.82, 2.24) is 10.2 Å². The largest absolute Gasteiger partial charge is 0.389 e. The summed E-state index contributed by atoms with van der Waals surface area (Å²) in [5.74, 6) is 0.209. The van der Waals surface area contributed by atoms with Crippen LogP contribution in [0.3, 0.4) is 0 Å². The molecule has 1 heterocycles. The highest BCUT2D eigenvalue weighted by Gasteiger charge is 2.41. The molecule has 2 N–H and O–H groups in total. The molecule has 2 aliphatic rings. The Morgan fingerprint density at radius 2 is 1.93 bits per heavy atom. The average molecular weight is 389 g/mol. The highest BCUT2D eigenvalue weighted by atomic mass is 32.2. The van der Waals surface area contributed by atoms with E-state index in [-0.39, 0.29) is 5.92 Å². The first-order valence-electron chi connectivity index (χ1n) is 10.7. The number of allylic oxidation sites excluding steroid dienone is 1. The van der Waals surface area contributed by atoms with Crippen molar-refractivity contribution in [2.45, 2.75) is 62.9 Å². The Bertz CT molecular complexity index is 619. The topological polar surface area (TPSA) is 35.5 Å². The first-order chi connectivity index (χ1) is 13.1. The Labute approximate surface area is 169 Å². The van der Waals surface area contributed by atoms with E-state index in [0.29, 0.717) is 0 Å². The first-order valence-corrected chi connectivity index (χ1v) is 11.5. The monoisotopic (exact) mass is 388 g/mol. The maximum absolute atomic E-state index is 11.7. The van der Waals surface area contributed by atoms with Crippen molar-refractivity contribution in [3.63, 3.8) is 0 Å². The molecule has 1 unspecified atom stereocenters. The van der Waals surface area contributed by atoms with Crippen molar-refractivity contribution in [3.8, 4) is 0 Å². The molecule has 4 heteroatoms. The normalized spacial score (nSPS) is 22.6. The van der Waals surface area contributed by atoms with Crippen LogP contribution in [0.2, 0.25) is 0 Å². The lowest BCUT2D eigenvalue weighted by Gasteiger charge is -2.43. The van der Waals surface area contributed by atoms with Gasteiger partial charge in [-0.15, -0.1) is 0 Å². The van der Waals surface area contributed by atoms with E-state index in [1.54, 1.807) is 0 Å². The number of thioether (sulfide) groups is 1. The minimum absolute atomic E-state index is 0.209. The van der Waals surface area contributed by atoms with Crippen LogP contribution in [0.1, 0.15) is 51.0 Å². The van der Waals surface area contributed by atoms with Gasteiger partial charge in [-0.05, 0) is 42.7 Å². The van der Waals surface area contributed by atoms with Crippen molar-refractivity contribution in [3.05, 3.63) is 40.8 Å². The molecule has 0 radical (unpaired) electrons. The van der Waals surface area contributed by atoms with E-state index in [0.717, 1.165) is 64.8 Å². The van der Waals surface area contributed by atoms with Gasteiger partial charge in [0.2, 0.25) is 0 Å². The van der Waals surface area contributed by atoms with Crippen LogP contribution in [0.4, 0.5) is 0 Å². The molecule has 3 nitrogen and oxygen atoms in total. The smallest absolute Gasteiger partial charge is 0.0733 e. The quantitative estimate of drug-likeness (QED) is 0.669. The Hall–Kier alpha value is -0.810. The summed E-state index contributed by atoms with van der Waals surface area (Å²) in [6, 6.07) is 8.64. The second kappa shape index (κ2) is 10.1. The third-order valence-electron chi connectivity index (χ3n) is 6.09. The number of rotatable bonds is 7. The van der Waals surface area contributed by atoms with Gasteiger partial charge in [0.05, 0.1) is 5.60 Å². The molecule has 1 saturated carbocycles. The maximum atomic E-state index is 11.7. The predicted molar refractivity (Wildman–Crippen MR) is 116 cm³/mol. The van der Waals surface area contributed by atoms with E-state index in [4.69, 9.17) is 0 Å². The van der Waals surface area contributed by atoms with Gasteiger partial charge in [-0.2, -0.15) is 0 Å². The number of hydrogen-bond acceptors (Lipinski definition) is 4. The lowest BCUT2D eigenvalue weighted by molar-refractivity contribution is -0.0446. The summed E-state index contributed by atoms with van der Waals surface area (Å²) < 4.78 is 0. The van der Waals surface area contributed by atoms with E-state index in [1.165, 1.54) is 21.8 Å². The van der Waals surface area contributed by atoms with Crippen molar-refractivity contribution in [2.24, 2.45) is 5.92 Å². The Morgan fingerprint density at radius 1 is 1.22 bits per heavy atom. The Morgan fingerprint density at radius 3 is 2.59 bits per heavy atom. The summed E-state index contributed by atoms with van der Waals surface area (Å²) in [4.78, 5) is 5.24. The number of hydrogen-bond donors (Lipinski definition) is 2. The molecule has 1 atom stereocenters. The second-order valence-corrected chi connectivity index (χ2v) is 9.27. The molecule has 27 heavy (non-hydrogen) atoms. The van der Waals surface area contributed by atoms with Crippen LogP contribution in [-0.4, -0.2) is 48.3 Å². The van der Waals surface area contributed by atoms with Gasteiger partial charge < -0.3 is 15.3 Å². The number of aryl methyl sites for hydroxylation is 1. The number of benzene rings is 1. The summed E-state index contributed by atoms with van der Waals surface area (Å²) in [7, 11) is 0. The standard InChI is InChI=1S/C23H36N2OS/c1-3-9-22(27-21-11-6-5-10-19(21)2)20(18-25-16-14-24-15-17-25)23(26)12-7-4-8-13-23/h5-6,9-11,20,24,26H,3-4,7-8,12-18H2,1-2H3/b22-9-. The molecule has 1 aromatic rings. The molecule has 1 saturated heterocycles. The van der Waals surface area contributed by atoms with Crippen LogP contribution in [0.15, 0.2) is 40.1 Å². The van der Waals surface area contributed by atoms with Gasteiger partial charge in [0.1, 0.15) is 0 Å². The summed E-state index contributed by atoms with van der Waals surface area (Å²) >= 11 is 1.89. The van der Waals surface area contributed by atoms with E-state index in [2.05, 4.69) is 54.4 Å². The van der Waals surface area contributed by atoms with Crippen molar-refractivity contribution < 1.29 is 5.11 Å². The number of aliphatic hydroxyl groups is 1. The molecule has 0 amide bonds. The highest BCUT2D eigenvalue weighted by Crippen LogP contribution is 2.44. The molecular formula is C23H36N2OS. The Balaban J connectivity index is 1.87. The van der Waals surface area contributed by atoms with E-state index < -0.39 is 5.60 Å². The zero-order valence-corrected chi connectivity index (χ0v) is 17.9. The fourth-order valence-corrected chi connectivity index (χ4v) is 5.76. The summed E-state index contributed by atoms with van der Waals surface area (Å²) in [5, 5.41) is 15.2. The zero-order valence-electron chi connectivity index (χ0n) is 17.0. The van der Waals surface area contributed by atoms with Crippen molar-refractivity contribution >= 4 is 11.8 Å². The predicted octanol–water partition coefficient (Wildman–Crippen LogP) is 4.60. The van der Waals surface area contributed by atoms with E-state index >= 15 is 0 Å². The van der Waals surface area contributed by atoms with Crippen LogP contribution in [0.5, 0.6) is 0 Å². The van der Waals surface area contributed by atoms with Gasteiger partial charge in [-0.25, -0.2) is 0 Å². The zero-order chi connectivity index (χ0) is 19.1. The molecule has 0 spiro atoms. The third kappa shape index (κ3) is 5.60. The van der Waals surface area contributed by atoms with Crippen LogP contribution in [-0.2, 0) is 0 Å². The fourth-order valence-electron chi connectivity index (χ4n) is 4.44. The minimum Gasteiger partial charge on any atom is -0.389 e. The second-order valence-electron chi connectivity index (χ2n) is 8.15. The SMILES string of the molecule is CC/C=C(\Sc1ccccc1C)C(CN1CCNCC1)C1(O)CCCCC1. The van der Waals surface area contributed by atoms with Crippen LogP contribution >= 0.6 is 11.8 Å². The molecule has 1 aliphatic carbocycles. The molecular weight excluding hydrogens is 352 g/mol. The number of piperazine rings is 1. The van der Waals surface area contributed by atoms with Gasteiger partial charge in [-0.1, -0.05) is 62.2 Å². The van der Waals surface area contributed by atoms with Crippen molar-refractivity contribution in [1.29, 1.82) is 0 Å². The maximum Gasteiger partial charge on any atom is 0.0733 e. The van der Waals surface area contributed by atoms with E-state index in [1.807, 2.05) is 11.8 Å². The lowest BCUT2D eigenvalue weighted by atomic mass is 9.75. The fraction of sp³-hybridized carbons (Fsp3) is 0.652. The summed E-state index contributed by atoms with van der Waals surface area (Å²) in [6.07, 6.45) is 8.85. The minimum atomic E-state index is -0.556. The molecule has 2 fully saturated rings. The molecule has 0 aromatic heterocycles. The average Bonchev–Trinajstić information content (AvgIpc) is 2.69.